The van der Waals surface area contributed by atoms with Gasteiger partial charge in [0.15, 0.2) is 0 Å². The molecule has 0 radical (unpaired) electrons. The van der Waals surface area contributed by atoms with Crippen LogP contribution in [0.4, 0.5) is 11.4 Å². The van der Waals surface area contributed by atoms with E-state index < -0.39 is 5.91 Å². The monoisotopic (exact) mass is 256 g/mol. The number of hydrogen-bond donors (Lipinski definition) is 3. The summed E-state index contributed by atoms with van der Waals surface area (Å²) in [6.07, 6.45) is 1.74. The highest BCUT2D eigenvalue weighted by Gasteiger charge is 2.09. The number of carbonyl (C=O) groups is 1. The Labute approximate surface area is 111 Å². The molecule has 1 unspecified atom stereocenters. The van der Waals surface area contributed by atoms with Crippen molar-refractivity contribution in [3.8, 4) is 0 Å². The highest BCUT2D eigenvalue weighted by molar-refractivity contribution is 5.94. The Balaban J connectivity index is 2.18. The molecule has 0 aliphatic heterocycles. The zero-order chi connectivity index (χ0) is 13.8. The van der Waals surface area contributed by atoms with Crippen molar-refractivity contribution in [2.24, 2.45) is 5.73 Å². The first kappa shape index (κ1) is 12.9. The van der Waals surface area contributed by atoms with E-state index >= 15 is 0 Å². The lowest BCUT2D eigenvalue weighted by Gasteiger charge is -2.16. The molecule has 1 aromatic heterocycles. The van der Waals surface area contributed by atoms with Crippen LogP contribution in [0.15, 0.2) is 42.6 Å². The van der Waals surface area contributed by atoms with E-state index in [1.807, 2.05) is 25.1 Å². The molecule has 5 heteroatoms. The Hall–Kier alpha value is -2.56. The molecule has 5 nitrogen and oxygen atoms in total. The highest BCUT2D eigenvalue weighted by Crippen LogP contribution is 2.24. The fraction of sp³-hybridized carbons (Fsp3) is 0.143. The van der Waals surface area contributed by atoms with Gasteiger partial charge < -0.3 is 16.8 Å². The maximum Gasteiger partial charge on any atom is 0.248 e. The van der Waals surface area contributed by atoms with Crippen LogP contribution in [0.3, 0.4) is 0 Å². The van der Waals surface area contributed by atoms with Gasteiger partial charge in [0, 0.05) is 11.8 Å². The molecule has 0 spiro atoms. The standard InChI is InChI=1S/C14H16N4O/c1-9(12-4-2-3-7-17-12)18-13-6-5-10(14(16)19)8-11(13)15/h2-9,18H,15H2,1H3,(H2,16,19). The van der Waals surface area contributed by atoms with E-state index in [4.69, 9.17) is 11.5 Å². The van der Waals surface area contributed by atoms with Gasteiger partial charge in [0.05, 0.1) is 23.1 Å². The first-order valence-corrected chi connectivity index (χ1v) is 5.94. The highest BCUT2D eigenvalue weighted by atomic mass is 16.1. The summed E-state index contributed by atoms with van der Waals surface area (Å²) in [6.45, 7) is 1.99. The minimum Gasteiger partial charge on any atom is -0.397 e. The fourth-order valence-electron chi connectivity index (χ4n) is 1.79. The number of anilines is 2. The zero-order valence-corrected chi connectivity index (χ0v) is 10.6. The number of benzene rings is 1. The van der Waals surface area contributed by atoms with Crippen molar-refractivity contribution in [2.45, 2.75) is 13.0 Å². The van der Waals surface area contributed by atoms with Gasteiger partial charge in [-0.25, -0.2) is 0 Å². The minimum atomic E-state index is -0.490. The molecule has 0 bridgehead atoms. The lowest BCUT2D eigenvalue weighted by molar-refractivity contribution is 0.100. The summed E-state index contributed by atoms with van der Waals surface area (Å²) in [4.78, 5) is 15.3. The van der Waals surface area contributed by atoms with E-state index in [2.05, 4.69) is 10.3 Å². The average Bonchev–Trinajstić information content (AvgIpc) is 2.41. The molecule has 5 N–H and O–H groups in total. The first-order chi connectivity index (χ1) is 9.08. The van der Waals surface area contributed by atoms with Crippen LogP contribution in [-0.2, 0) is 0 Å². The molecular weight excluding hydrogens is 240 g/mol. The Morgan fingerprint density at radius 1 is 1.32 bits per heavy atom. The summed E-state index contributed by atoms with van der Waals surface area (Å²) < 4.78 is 0. The van der Waals surface area contributed by atoms with Gasteiger partial charge in [-0.2, -0.15) is 0 Å². The number of rotatable bonds is 4. The second-order valence-electron chi connectivity index (χ2n) is 4.29. The molecule has 0 saturated heterocycles. The summed E-state index contributed by atoms with van der Waals surface area (Å²) in [5.41, 5.74) is 13.6. The Morgan fingerprint density at radius 2 is 2.11 bits per heavy atom. The van der Waals surface area contributed by atoms with Crippen molar-refractivity contribution in [2.75, 3.05) is 11.1 Å². The first-order valence-electron chi connectivity index (χ1n) is 5.94. The van der Waals surface area contributed by atoms with Crippen LogP contribution in [0.25, 0.3) is 0 Å². The molecule has 0 aliphatic carbocycles. The molecule has 19 heavy (non-hydrogen) atoms. The van der Waals surface area contributed by atoms with Crippen LogP contribution in [-0.4, -0.2) is 10.9 Å². The fourth-order valence-corrected chi connectivity index (χ4v) is 1.79. The van der Waals surface area contributed by atoms with Crippen molar-refractivity contribution in [1.82, 2.24) is 4.98 Å². The van der Waals surface area contributed by atoms with Gasteiger partial charge in [-0.1, -0.05) is 6.07 Å². The summed E-state index contributed by atoms with van der Waals surface area (Å²) in [7, 11) is 0. The van der Waals surface area contributed by atoms with Crippen molar-refractivity contribution in [3.05, 3.63) is 53.9 Å². The number of amides is 1. The number of pyridine rings is 1. The van der Waals surface area contributed by atoms with Crippen LogP contribution >= 0.6 is 0 Å². The second kappa shape index (κ2) is 5.39. The quantitative estimate of drug-likeness (QED) is 0.728. The largest absolute Gasteiger partial charge is 0.397 e. The normalized spacial score (nSPS) is 11.8. The van der Waals surface area contributed by atoms with Crippen molar-refractivity contribution >= 4 is 17.3 Å². The smallest absolute Gasteiger partial charge is 0.248 e. The number of nitrogen functional groups attached to an aromatic ring is 1. The van der Waals surface area contributed by atoms with Gasteiger partial charge >= 0.3 is 0 Å². The molecule has 98 valence electrons. The van der Waals surface area contributed by atoms with Crippen LogP contribution in [0.1, 0.15) is 29.0 Å². The predicted octanol–water partition coefficient (Wildman–Crippen LogP) is 1.94. The lowest BCUT2D eigenvalue weighted by Crippen LogP contribution is -2.13. The van der Waals surface area contributed by atoms with Crippen LogP contribution < -0.4 is 16.8 Å². The zero-order valence-electron chi connectivity index (χ0n) is 10.6. The van der Waals surface area contributed by atoms with Gasteiger partial charge in [-0.05, 0) is 37.3 Å². The lowest BCUT2D eigenvalue weighted by atomic mass is 10.1. The third-order valence-corrected chi connectivity index (χ3v) is 2.84. The number of hydrogen-bond acceptors (Lipinski definition) is 4. The third-order valence-electron chi connectivity index (χ3n) is 2.84. The van der Waals surface area contributed by atoms with Gasteiger partial charge in [0.25, 0.3) is 0 Å². The number of nitrogens with two attached hydrogens (primary N) is 2. The maximum atomic E-state index is 11.0. The SMILES string of the molecule is CC(Nc1ccc(C(N)=O)cc1N)c1ccccn1. The molecule has 1 atom stereocenters. The molecule has 2 rings (SSSR count). The molecule has 2 aromatic rings. The van der Waals surface area contributed by atoms with Gasteiger partial charge in [0.1, 0.15) is 0 Å². The number of nitrogens with one attached hydrogen (secondary N) is 1. The van der Waals surface area contributed by atoms with Crippen LogP contribution in [0.2, 0.25) is 0 Å². The molecule has 0 saturated carbocycles. The Morgan fingerprint density at radius 3 is 2.68 bits per heavy atom. The van der Waals surface area contributed by atoms with E-state index in [1.165, 1.54) is 0 Å². The van der Waals surface area contributed by atoms with Gasteiger partial charge in [-0.15, -0.1) is 0 Å². The van der Waals surface area contributed by atoms with Gasteiger partial charge in [-0.3, -0.25) is 9.78 Å². The van der Waals surface area contributed by atoms with Gasteiger partial charge in [0.2, 0.25) is 5.91 Å². The van der Waals surface area contributed by atoms with Crippen LogP contribution in [0.5, 0.6) is 0 Å². The van der Waals surface area contributed by atoms with E-state index in [9.17, 15) is 4.79 Å². The number of aromatic nitrogens is 1. The topological polar surface area (TPSA) is 94.0 Å². The summed E-state index contributed by atoms with van der Waals surface area (Å²) in [5, 5.41) is 3.25. The van der Waals surface area contributed by atoms with E-state index in [-0.39, 0.29) is 6.04 Å². The number of nitrogens with zero attached hydrogens (tertiary/aromatic N) is 1. The van der Waals surface area contributed by atoms with Crippen molar-refractivity contribution < 1.29 is 4.79 Å². The molecule has 1 heterocycles. The molecule has 1 amide bonds. The van der Waals surface area contributed by atoms with Crippen LogP contribution in [0, 0.1) is 0 Å². The number of carbonyl (C=O) groups excluding carboxylic acids is 1. The second-order valence-corrected chi connectivity index (χ2v) is 4.29. The van der Waals surface area contributed by atoms with Crippen molar-refractivity contribution in [1.29, 1.82) is 0 Å². The van der Waals surface area contributed by atoms with E-state index in [0.29, 0.717) is 11.3 Å². The third kappa shape index (κ3) is 3.01. The summed E-state index contributed by atoms with van der Waals surface area (Å²) >= 11 is 0. The predicted molar refractivity (Wildman–Crippen MR) is 75.6 cm³/mol. The molecular formula is C14H16N4O. The van der Waals surface area contributed by atoms with Crippen molar-refractivity contribution in [3.63, 3.8) is 0 Å². The van der Waals surface area contributed by atoms with E-state index in [0.717, 1.165) is 11.4 Å². The Kier molecular flexibility index (Phi) is 3.66. The molecule has 0 aliphatic rings. The maximum absolute atomic E-state index is 11.0. The van der Waals surface area contributed by atoms with E-state index in [1.54, 1.807) is 24.4 Å². The summed E-state index contributed by atoms with van der Waals surface area (Å²) in [6, 6.07) is 10.7. The number of primary amides is 1. The molecule has 1 aromatic carbocycles. The Bertz CT molecular complexity index is 583. The minimum absolute atomic E-state index is 0.0166. The summed E-state index contributed by atoms with van der Waals surface area (Å²) in [5.74, 6) is -0.490. The average molecular weight is 256 g/mol. The molecule has 0 fully saturated rings.